The number of benzene rings is 1. The van der Waals surface area contributed by atoms with E-state index in [0.717, 1.165) is 29.9 Å². The highest BCUT2D eigenvalue weighted by molar-refractivity contribution is 5.89. The summed E-state index contributed by atoms with van der Waals surface area (Å²) < 4.78 is 34.4. The third-order valence-corrected chi connectivity index (χ3v) is 6.57. The molecule has 0 radical (unpaired) electrons. The molecule has 3 heterocycles. The van der Waals surface area contributed by atoms with Crippen molar-refractivity contribution in [3.05, 3.63) is 30.5 Å². The molecule has 0 amide bonds. The highest BCUT2D eigenvalue weighted by Gasteiger charge is 2.22. The second-order valence-electron chi connectivity index (χ2n) is 8.60. The van der Waals surface area contributed by atoms with Crippen molar-refractivity contribution in [1.82, 2.24) is 29.6 Å². The van der Waals surface area contributed by atoms with Crippen molar-refractivity contribution >= 4 is 22.5 Å². The Kier molecular flexibility index (Phi) is 5.82. The first kappa shape index (κ1) is 21.5. The van der Waals surface area contributed by atoms with Gasteiger partial charge in [-0.05, 0) is 55.4 Å². The van der Waals surface area contributed by atoms with E-state index in [0.29, 0.717) is 34.4 Å². The van der Waals surface area contributed by atoms with Crippen molar-refractivity contribution in [1.29, 1.82) is 0 Å². The Morgan fingerprint density at radius 2 is 2.00 bits per heavy atom. The third-order valence-electron chi connectivity index (χ3n) is 6.57. The molecule has 1 saturated carbocycles. The van der Waals surface area contributed by atoms with Gasteiger partial charge >= 0.3 is 0 Å². The SMILES string of the molecule is CCC1CCC(Nc2nc(OC)c3c(-c4ccc5nnn(CC(F)F)c5c4)ccn3n2)CC1. The number of fused-ring (bicyclic) bond motifs is 2. The summed E-state index contributed by atoms with van der Waals surface area (Å²) in [6, 6.07) is 7.75. The number of nitrogens with one attached hydrogen (secondary N) is 1. The molecule has 10 heteroatoms. The quantitative estimate of drug-likeness (QED) is 0.431. The zero-order valence-corrected chi connectivity index (χ0v) is 18.7. The molecule has 0 atom stereocenters. The molecule has 174 valence electrons. The van der Waals surface area contributed by atoms with Crippen LogP contribution in [0.1, 0.15) is 39.0 Å². The molecule has 1 fully saturated rings. The molecule has 1 aliphatic rings. The fourth-order valence-corrected chi connectivity index (χ4v) is 4.72. The Morgan fingerprint density at radius 3 is 2.73 bits per heavy atom. The summed E-state index contributed by atoms with van der Waals surface area (Å²) >= 11 is 0. The molecule has 0 saturated heterocycles. The molecule has 8 nitrogen and oxygen atoms in total. The average Bonchev–Trinajstić information content (AvgIpc) is 3.42. The van der Waals surface area contributed by atoms with E-state index in [1.807, 2.05) is 24.4 Å². The number of rotatable bonds is 7. The lowest BCUT2D eigenvalue weighted by Gasteiger charge is -2.28. The summed E-state index contributed by atoms with van der Waals surface area (Å²) in [7, 11) is 1.58. The van der Waals surface area contributed by atoms with Gasteiger partial charge in [0.15, 0.2) is 0 Å². The maximum atomic E-state index is 12.9. The summed E-state index contributed by atoms with van der Waals surface area (Å²) in [4.78, 5) is 4.63. The van der Waals surface area contributed by atoms with Gasteiger partial charge in [0.1, 0.15) is 17.6 Å². The zero-order chi connectivity index (χ0) is 22.9. The average molecular weight is 456 g/mol. The van der Waals surface area contributed by atoms with Crippen LogP contribution in [-0.4, -0.2) is 49.2 Å². The smallest absolute Gasteiger partial charge is 0.258 e. The van der Waals surface area contributed by atoms with Crippen molar-refractivity contribution in [2.45, 2.75) is 58.0 Å². The van der Waals surface area contributed by atoms with Gasteiger partial charge in [-0.25, -0.2) is 18.0 Å². The van der Waals surface area contributed by atoms with Crippen LogP contribution in [0, 0.1) is 5.92 Å². The van der Waals surface area contributed by atoms with Crippen LogP contribution < -0.4 is 10.1 Å². The molecule has 3 aromatic heterocycles. The number of hydrogen-bond acceptors (Lipinski definition) is 6. The second kappa shape index (κ2) is 8.92. The summed E-state index contributed by atoms with van der Waals surface area (Å²) in [6.07, 6.45) is 5.25. The van der Waals surface area contributed by atoms with E-state index < -0.39 is 13.0 Å². The van der Waals surface area contributed by atoms with Gasteiger partial charge in [-0.15, -0.1) is 10.2 Å². The van der Waals surface area contributed by atoms with E-state index >= 15 is 0 Å². The van der Waals surface area contributed by atoms with Gasteiger partial charge in [0.25, 0.3) is 6.43 Å². The van der Waals surface area contributed by atoms with Crippen molar-refractivity contribution in [2.75, 3.05) is 12.4 Å². The van der Waals surface area contributed by atoms with E-state index in [2.05, 4.69) is 32.6 Å². The van der Waals surface area contributed by atoms with Crippen molar-refractivity contribution in [3.8, 4) is 17.0 Å². The topological polar surface area (TPSA) is 82.2 Å². The molecule has 0 aliphatic heterocycles. The van der Waals surface area contributed by atoms with Crippen LogP contribution in [0.15, 0.2) is 30.5 Å². The molecule has 0 bridgehead atoms. The van der Waals surface area contributed by atoms with Crippen LogP contribution in [0.3, 0.4) is 0 Å². The van der Waals surface area contributed by atoms with Gasteiger partial charge in [0.2, 0.25) is 11.8 Å². The Morgan fingerprint density at radius 1 is 1.18 bits per heavy atom. The van der Waals surface area contributed by atoms with Crippen LogP contribution in [0.4, 0.5) is 14.7 Å². The molecule has 1 N–H and O–H groups in total. The Balaban J connectivity index is 1.47. The van der Waals surface area contributed by atoms with Crippen molar-refractivity contribution < 1.29 is 13.5 Å². The summed E-state index contributed by atoms with van der Waals surface area (Å²) in [6.45, 7) is 1.75. The van der Waals surface area contributed by atoms with Gasteiger partial charge in [-0.3, -0.25) is 0 Å². The standard InChI is InChI=1S/C23H27F2N7O/c1-3-14-4-7-16(8-5-14)26-23-27-22(33-2)21-17(10-11-31(21)29-23)15-6-9-18-19(12-15)32(30-28-18)13-20(24)25/h6,9-12,14,16,20H,3-5,7-8,13H2,1-2H3,(H,26,29). The fraction of sp³-hybridized carbons (Fsp3) is 0.478. The van der Waals surface area contributed by atoms with Crippen LogP contribution in [0.2, 0.25) is 0 Å². The van der Waals surface area contributed by atoms with Gasteiger partial charge in [-0.2, -0.15) is 4.98 Å². The molecule has 1 aliphatic carbocycles. The minimum Gasteiger partial charge on any atom is -0.479 e. The third kappa shape index (κ3) is 4.21. The lowest BCUT2D eigenvalue weighted by Crippen LogP contribution is -2.27. The molecule has 4 aromatic rings. The van der Waals surface area contributed by atoms with E-state index in [9.17, 15) is 8.78 Å². The number of halogens is 2. The zero-order valence-electron chi connectivity index (χ0n) is 18.7. The van der Waals surface area contributed by atoms with Gasteiger partial charge in [0, 0.05) is 17.8 Å². The Bertz CT molecular complexity index is 1260. The second-order valence-corrected chi connectivity index (χ2v) is 8.60. The first-order valence-corrected chi connectivity index (χ1v) is 11.4. The number of anilines is 1. The van der Waals surface area contributed by atoms with Crippen molar-refractivity contribution in [2.24, 2.45) is 5.92 Å². The van der Waals surface area contributed by atoms with E-state index in [1.165, 1.54) is 23.9 Å². The minimum absolute atomic E-state index is 0.356. The van der Waals surface area contributed by atoms with E-state index in [1.54, 1.807) is 17.7 Å². The van der Waals surface area contributed by atoms with Gasteiger partial charge in [-0.1, -0.05) is 24.6 Å². The number of nitrogens with zero attached hydrogens (tertiary/aromatic N) is 6. The molecule has 33 heavy (non-hydrogen) atoms. The molecule has 0 spiro atoms. The maximum Gasteiger partial charge on any atom is 0.258 e. The van der Waals surface area contributed by atoms with Gasteiger partial charge < -0.3 is 10.1 Å². The molecule has 5 rings (SSSR count). The number of ether oxygens (including phenoxy) is 1. The predicted octanol–water partition coefficient (Wildman–Crippen LogP) is 4.80. The number of hydrogen-bond donors (Lipinski definition) is 1. The number of alkyl halides is 2. The molecular formula is C23H27F2N7O. The molecule has 1 aromatic carbocycles. The summed E-state index contributed by atoms with van der Waals surface area (Å²) in [5, 5.41) is 16.0. The lowest BCUT2D eigenvalue weighted by molar-refractivity contribution is 0.122. The van der Waals surface area contributed by atoms with Crippen molar-refractivity contribution in [3.63, 3.8) is 0 Å². The van der Waals surface area contributed by atoms with Gasteiger partial charge in [0.05, 0.1) is 12.6 Å². The predicted molar refractivity (Wildman–Crippen MR) is 122 cm³/mol. The molecular weight excluding hydrogens is 428 g/mol. The first-order chi connectivity index (χ1) is 16.1. The lowest BCUT2D eigenvalue weighted by atomic mass is 9.85. The summed E-state index contributed by atoms with van der Waals surface area (Å²) in [5.41, 5.74) is 3.49. The minimum atomic E-state index is -2.51. The first-order valence-electron chi connectivity index (χ1n) is 11.4. The normalized spacial score (nSPS) is 18.9. The van der Waals surface area contributed by atoms with E-state index in [4.69, 9.17) is 4.74 Å². The maximum absolute atomic E-state index is 12.9. The van der Waals surface area contributed by atoms with Crippen LogP contribution in [0.5, 0.6) is 5.88 Å². The largest absolute Gasteiger partial charge is 0.479 e. The number of aromatic nitrogens is 6. The summed E-state index contributed by atoms with van der Waals surface area (Å²) in [5.74, 6) is 1.81. The highest BCUT2D eigenvalue weighted by Crippen LogP contribution is 2.33. The van der Waals surface area contributed by atoms with E-state index in [-0.39, 0.29) is 0 Å². The molecule has 0 unspecified atom stereocenters. The Hall–Kier alpha value is -3.30. The number of methoxy groups -OCH3 is 1. The highest BCUT2D eigenvalue weighted by atomic mass is 19.3. The monoisotopic (exact) mass is 455 g/mol. The van der Waals surface area contributed by atoms with Crippen LogP contribution >= 0.6 is 0 Å². The van der Waals surface area contributed by atoms with Crippen LogP contribution in [0.25, 0.3) is 27.7 Å². The van der Waals surface area contributed by atoms with Crippen LogP contribution in [-0.2, 0) is 6.54 Å². The fourth-order valence-electron chi connectivity index (χ4n) is 4.72. The Labute approximate surface area is 189 Å².